The topological polar surface area (TPSA) is 42.2 Å². The van der Waals surface area contributed by atoms with Gasteiger partial charge < -0.3 is 9.73 Å². The van der Waals surface area contributed by atoms with Crippen LogP contribution in [0.5, 0.6) is 0 Å². The molecule has 1 aliphatic rings. The molecule has 3 nitrogen and oxygen atoms in total. The lowest BCUT2D eigenvalue weighted by molar-refractivity contribution is -0.123. The quantitative estimate of drug-likeness (QED) is 0.930. The van der Waals surface area contributed by atoms with Crippen molar-refractivity contribution in [1.29, 1.82) is 0 Å². The Balaban J connectivity index is 1.74. The molecular weight excluding hydrogens is 262 g/mol. The number of carbonyl (C=O) groups excluding carboxylic acids is 1. The summed E-state index contributed by atoms with van der Waals surface area (Å²) in [6, 6.07) is 11.2. The molecule has 1 saturated carbocycles. The highest BCUT2D eigenvalue weighted by Gasteiger charge is 2.52. The Morgan fingerprint density at radius 2 is 2.05 bits per heavy atom. The average molecular weight is 276 g/mol. The standard InChI is InChI=1S/C15H14ClNO2/c16-13-6-2-1-5-12(13)15(7-8-15)14(18)17-10-11-4-3-9-19-11/h1-6,9H,7-8,10H2,(H,17,18). The molecule has 1 aromatic carbocycles. The van der Waals surface area contributed by atoms with Crippen LogP contribution in [-0.2, 0) is 16.8 Å². The minimum atomic E-state index is -0.440. The molecular formula is C15H14ClNO2. The summed E-state index contributed by atoms with van der Waals surface area (Å²) in [6.07, 6.45) is 3.30. The molecule has 1 fully saturated rings. The molecule has 19 heavy (non-hydrogen) atoms. The zero-order valence-electron chi connectivity index (χ0n) is 10.4. The molecule has 2 aromatic rings. The maximum atomic E-state index is 12.4. The maximum absolute atomic E-state index is 12.4. The lowest BCUT2D eigenvalue weighted by atomic mass is 9.95. The zero-order valence-corrected chi connectivity index (χ0v) is 11.1. The molecule has 1 aromatic heterocycles. The minimum absolute atomic E-state index is 0.0250. The number of nitrogens with one attached hydrogen (secondary N) is 1. The van der Waals surface area contributed by atoms with E-state index in [4.69, 9.17) is 16.0 Å². The fraction of sp³-hybridized carbons (Fsp3) is 0.267. The summed E-state index contributed by atoms with van der Waals surface area (Å²) < 4.78 is 5.21. The first-order valence-electron chi connectivity index (χ1n) is 6.28. The molecule has 1 amide bonds. The van der Waals surface area contributed by atoms with E-state index in [1.807, 2.05) is 36.4 Å². The van der Waals surface area contributed by atoms with E-state index in [2.05, 4.69) is 5.32 Å². The van der Waals surface area contributed by atoms with Crippen molar-refractivity contribution in [3.63, 3.8) is 0 Å². The summed E-state index contributed by atoms with van der Waals surface area (Å²) in [7, 11) is 0. The van der Waals surface area contributed by atoms with Crippen molar-refractivity contribution in [2.75, 3.05) is 0 Å². The molecule has 1 N–H and O–H groups in total. The third kappa shape index (κ3) is 2.26. The van der Waals surface area contributed by atoms with Crippen LogP contribution in [0, 0.1) is 0 Å². The lowest BCUT2D eigenvalue weighted by Crippen LogP contribution is -2.34. The molecule has 0 aliphatic heterocycles. The van der Waals surface area contributed by atoms with Crippen molar-refractivity contribution in [2.45, 2.75) is 24.8 Å². The Morgan fingerprint density at radius 3 is 2.68 bits per heavy atom. The van der Waals surface area contributed by atoms with Crippen LogP contribution in [0.3, 0.4) is 0 Å². The second-order valence-electron chi connectivity index (χ2n) is 4.82. The van der Waals surface area contributed by atoms with E-state index < -0.39 is 5.41 Å². The van der Waals surface area contributed by atoms with Crippen LogP contribution in [0.25, 0.3) is 0 Å². The summed E-state index contributed by atoms with van der Waals surface area (Å²) in [5.41, 5.74) is 0.485. The van der Waals surface area contributed by atoms with Crippen molar-refractivity contribution in [1.82, 2.24) is 5.32 Å². The zero-order chi connectivity index (χ0) is 13.3. The number of furan rings is 1. The Morgan fingerprint density at radius 1 is 1.26 bits per heavy atom. The van der Waals surface area contributed by atoms with Gasteiger partial charge in [0.2, 0.25) is 5.91 Å². The van der Waals surface area contributed by atoms with Gasteiger partial charge in [-0.1, -0.05) is 29.8 Å². The number of hydrogen-bond acceptors (Lipinski definition) is 2. The molecule has 1 heterocycles. The first-order valence-corrected chi connectivity index (χ1v) is 6.66. The van der Waals surface area contributed by atoms with Gasteiger partial charge in [0.1, 0.15) is 5.76 Å². The molecule has 3 rings (SSSR count). The molecule has 0 unspecified atom stereocenters. The number of halogens is 1. The molecule has 4 heteroatoms. The van der Waals surface area contributed by atoms with Crippen LogP contribution in [0.1, 0.15) is 24.2 Å². The van der Waals surface area contributed by atoms with Crippen molar-refractivity contribution < 1.29 is 9.21 Å². The van der Waals surface area contributed by atoms with Crippen LogP contribution in [-0.4, -0.2) is 5.91 Å². The Labute approximate surface area is 116 Å². The summed E-state index contributed by atoms with van der Waals surface area (Å²) in [6.45, 7) is 0.415. The number of hydrogen-bond donors (Lipinski definition) is 1. The van der Waals surface area contributed by atoms with E-state index in [0.29, 0.717) is 11.6 Å². The molecule has 0 atom stereocenters. The van der Waals surface area contributed by atoms with E-state index in [1.165, 1.54) is 0 Å². The van der Waals surface area contributed by atoms with E-state index in [0.717, 1.165) is 24.2 Å². The monoisotopic (exact) mass is 275 g/mol. The molecule has 0 bridgehead atoms. The summed E-state index contributed by atoms with van der Waals surface area (Å²) in [5, 5.41) is 3.58. The minimum Gasteiger partial charge on any atom is -0.467 e. The van der Waals surface area contributed by atoms with E-state index in [1.54, 1.807) is 6.26 Å². The van der Waals surface area contributed by atoms with Crippen LogP contribution < -0.4 is 5.32 Å². The Kier molecular flexibility index (Phi) is 3.07. The second kappa shape index (κ2) is 4.74. The lowest BCUT2D eigenvalue weighted by Gasteiger charge is -2.16. The van der Waals surface area contributed by atoms with Gasteiger partial charge in [-0.3, -0.25) is 4.79 Å². The third-order valence-corrected chi connectivity index (χ3v) is 3.91. The Bertz CT molecular complexity index is 588. The molecule has 1 aliphatic carbocycles. The molecule has 0 saturated heterocycles. The predicted molar refractivity (Wildman–Crippen MR) is 72.9 cm³/mol. The highest BCUT2D eigenvalue weighted by atomic mass is 35.5. The number of carbonyl (C=O) groups is 1. The maximum Gasteiger partial charge on any atom is 0.231 e. The SMILES string of the molecule is O=C(NCc1ccco1)C1(c2ccccc2Cl)CC1. The number of amides is 1. The van der Waals surface area contributed by atoms with Gasteiger partial charge in [0.15, 0.2) is 0 Å². The van der Waals surface area contributed by atoms with Gasteiger partial charge in [-0.2, -0.15) is 0 Å². The van der Waals surface area contributed by atoms with Crippen molar-refractivity contribution >= 4 is 17.5 Å². The van der Waals surface area contributed by atoms with Crippen molar-refractivity contribution in [3.05, 3.63) is 59.0 Å². The van der Waals surface area contributed by atoms with Gasteiger partial charge >= 0.3 is 0 Å². The van der Waals surface area contributed by atoms with E-state index >= 15 is 0 Å². The first-order chi connectivity index (χ1) is 9.22. The van der Waals surface area contributed by atoms with E-state index in [-0.39, 0.29) is 5.91 Å². The van der Waals surface area contributed by atoms with Gasteiger partial charge in [-0.05, 0) is 36.6 Å². The average Bonchev–Trinajstić information content (AvgIpc) is 3.06. The van der Waals surface area contributed by atoms with Crippen LogP contribution in [0.2, 0.25) is 5.02 Å². The summed E-state index contributed by atoms with van der Waals surface area (Å²) in [5.74, 6) is 0.778. The Hall–Kier alpha value is -1.74. The van der Waals surface area contributed by atoms with Crippen molar-refractivity contribution in [3.8, 4) is 0 Å². The van der Waals surface area contributed by atoms with E-state index in [9.17, 15) is 4.79 Å². The predicted octanol–water partition coefficient (Wildman–Crippen LogP) is 3.28. The largest absolute Gasteiger partial charge is 0.467 e. The van der Waals surface area contributed by atoms with Crippen LogP contribution in [0.4, 0.5) is 0 Å². The van der Waals surface area contributed by atoms with Crippen LogP contribution in [0.15, 0.2) is 47.1 Å². The van der Waals surface area contributed by atoms with Gasteiger partial charge in [0.05, 0.1) is 18.2 Å². The van der Waals surface area contributed by atoms with Crippen molar-refractivity contribution in [2.24, 2.45) is 0 Å². The molecule has 0 radical (unpaired) electrons. The summed E-state index contributed by atoms with van der Waals surface area (Å²) in [4.78, 5) is 12.4. The molecule has 98 valence electrons. The van der Waals surface area contributed by atoms with Gasteiger partial charge in [0, 0.05) is 5.02 Å². The second-order valence-corrected chi connectivity index (χ2v) is 5.23. The van der Waals surface area contributed by atoms with Gasteiger partial charge in [-0.15, -0.1) is 0 Å². The fourth-order valence-corrected chi connectivity index (χ4v) is 2.66. The fourth-order valence-electron chi connectivity index (χ4n) is 2.34. The normalized spacial score (nSPS) is 16.1. The number of rotatable bonds is 4. The van der Waals surface area contributed by atoms with Crippen LogP contribution >= 0.6 is 11.6 Å². The van der Waals surface area contributed by atoms with Gasteiger partial charge in [-0.25, -0.2) is 0 Å². The third-order valence-electron chi connectivity index (χ3n) is 3.58. The molecule has 0 spiro atoms. The summed E-state index contributed by atoms with van der Waals surface area (Å²) >= 11 is 6.19. The van der Waals surface area contributed by atoms with Gasteiger partial charge in [0.25, 0.3) is 0 Å². The smallest absolute Gasteiger partial charge is 0.231 e. The number of benzene rings is 1. The highest BCUT2D eigenvalue weighted by Crippen LogP contribution is 2.50. The first kappa shape index (κ1) is 12.3. The highest BCUT2D eigenvalue weighted by molar-refractivity contribution is 6.31.